The second kappa shape index (κ2) is 6.03. The smallest absolute Gasteiger partial charge is 0.205 e. The summed E-state index contributed by atoms with van der Waals surface area (Å²) in [6, 6.07) is 3.78. The predicted octanol–water partition coefficient (Wildman–Crippen LogP) is 3.20. The van der Waals surface area contributed by atoms with Crippen molar-refractivity contribution >= 4 is 44.4 Å². The van der Waals surface area contributed by atoms with E-state index in [0.29, 0.717) is 21.0 Å². The molecule has 5 nitrogen and oxygen atoms in total. The van der Waals surface area contributed by atoms with E-state index < -0.39 is 0 Å². The SMILES string of the molecule is CCc1cc(Br)c(O)c(C=NNc2nc(N)cs2)c1. The molecule has 0 aliphatic rings. The maximum atomic E-state index is 9.92. The third-order valence-corrected chi connectivity index (χ3v) is 3.82. The molecule has 0 saturated carbocycles. The van der Waals surface area contributed by atoms with E-state index in [1.54, 1.807) is 11.6 Å². The van der Waals surface area contributed by atoms with Crippen molar-refractivity contribution in [3.8, 4) is 5.75 Å². The van der Waals surface area contributed by atoms with E-state index in [1.807, 2.05) is 12.1 Å². The number of aromatic nitrogens is 1. The molecule has 1 heterocycles. The van der Waals surface area contributed by atoms with Crippen molar-refractivity contribution in [1.29, 1.82) is 0 Å². The van der Waals surface area contributed by atoms with Crippen molar-refractivity contribution in [3.63, 3.8) is 0 Å². The molecule has 0 aliphatic carbocycles. The van der Waals surface area contributed by atoms with Crippen LogP contribution in [0.2, 0.25) is 0 Å². The summed E-state index contributed by atoms with van der Waals surface area (Å²) in [7, 11) is 0. The first-order valence-electron chi connectivity index (χ1n) is 5.61. The van der Waals surface area contributed by atoms with Crippen LogP contribution >= 0.6 is 27.3 Å². The molecular weight excluding hydrogens is 328 g/mol. The number of hydrogen-bond acceptors (Lipinski definition) is 6. The van der Waals surface area contributed by atoms with E-state index in [-0.39, 0.29) is 5.75 Å². The van der Waals surface area contributed by atoms with Crippen LogP contribution < -0.4 is 11.2 Å². The van der Waals surface area contributed by atoms with Gasteiger partial charge in [-0.1, -0.05) is 6.92 Å². The van der Waals surface area contributed by atoms with Crippen LogP contribution in [-0.4, -0.2) is 16.3 Å². The van der Waals surface area contributed by atoms with E-state index >= 15 is 0 Å². The Bertz CT molecular complexity index is 612. The zero-order chi connectivity index (χ0) is 13.8. The summed E-state index contributed by atoms with van der Waals surface area (Å²) < 4.78 is 0.659. The zero-order valence-corrected chi connectivity index (χ0v) is 12.6. The number of nitrogen functional groups attached to an aromatic ring is 1. The first-order chi connectivity index (χ1) is 9.10. The number of nitrogens with two attached hydrogens (primary N) is 1. The highest BCUT2D eigenvalue weighted by Gasteiger charge is 2.05. The van der Waals surface area contributed by atoms with Crippen LogP contribution in [0.1, 0.15) is 18.1 Å². The fraction of sp³-hybridized carbons (Fsp3) is 0.167. The summed E-state index contributed by atoms with van der Waals surface area (Å²) in [4.78, 5) is 4.02. The summed E-state index contributed by atoms with van der Waals surface area (Å²) in [5, 5.41) is 16.3. The molecule has 0 amide bonds. The van der Waals surface area contributed by atoms with Crippen LogP contribution in [-0.2, 0) is 6.42 Å². The van der Waals surface area contributed by atoms with E-state index in [1.165, 1.54) is 11.3 Å². The lowest BCUT2D eigenvalue weighted by molar-refractivity contribution is 0.471. The van der Waals surface area contributed by atoms with E-state index in [2.05, 4.69) is 38.4 Å². The average Bonchev–Trinajstić information content (AvgIpc) is 2.80. The minimum atomic E-state index is 0.168. The Morgan fingerprint density at radius 1 is 1.58 bits per heavy atom. The van der Waals surface area contributed by atoms with Gasteiger partial charge in [-0.25, -0.2) is 4.98 Å². The number of thiazole rings is 1. The number of hydrazone groups is 1. The van der Waals surface area contributed by atoms with Gasteiger partial charge in [-0.2, -0.15) is 5.10 Å². The quantitative estimate of drug-likeness (QED) is 0.589. The fourth-order valence-corrected chi connectivity index (χ4v) is 2.55. The number of hydrogen-bond donors (Lipinski definition) is 3. The summed E-state index contributed by atoms with van der Waals surface area (Å²) in [5.41, 5.74) is 10.0. The number of phenols is 1. The lowest BCUT2D eigenvalue weighted by atomic mass is 10.1. The topological polar surface area (TPSA) is 83.5 Å². The van der Waals surface area contributed by atoms with Gasteiger partial charge in [-0.05, 0) is 40.0 Å². The zero-order valence-electron chi connectivity index (χ0n) is 10.2. The summed E-state index contributed by atoms with van der Waals surface area (Å²) in [6.45, 7) is 2.05. The molecule has 19 heavy (non-hydrogen) atoms. The number of rotatable bonds is 4. The summed E-state index contributed by atoms with van der Waals surface area (Å²) in [5.74, 6) is 0.627. The molecule has 100 valence electrons. The third kappa shape index (κ3) is 3.45. The summed E-state index contributed by atoms with van der Waals surface area (Å²) in [6.07, 6.45) is 2.44. The largest absolute Gasteiger partial charge is 0.506 e. The molecule has 2 aromatic rings. The van der Waals surface area contributed by atoms with Crippen molar-refractivity contribution in [2.45, 2.75) is 13.3 Å². The van der Waals surface area contributed by atoms with Crippen molar-refractivity contribution in [2.75, 3.05) is 11.2 Å². The minimum absolute atomic E-state index is 0.168. The van der Waals surface area contributed by atoms with Gasteiger partial charge in [-0.15, -0.1) is 11.3 Å². The van der Waals surface area contributed by atoms with Crippen LogP contribution in [0.15, 0.2) is 27.1 Å². The second-order valence-electron chi connectivity index (χ2n) is 3.82. The van der Waals surface area contributed by atoms with Crippen LogP contribution in [0.4, 0.5) is 10.9 Å². The molecule has 0 unspecified atom stereocenters. The van der Waals surface area contributed by atoms with E-state index in [9.17, 15) is 5.11 Å². The van der Waals surface area contributed by atoms with Gasteiger partial charge in [-0.3, -0.25) is 5.43 Å². The number of nitrogens with zero attached hydrogens (tertiary/aromatic N) is 2. The highest BCUT2D eigenvalue weighted by atomic mass is 79.9. The average molecular weight is 341 g/mol. The van der Waals surface area contributed by atoms with Crippen molar-refractivity contribution < 1.29 is 5.11 Å². The Labute approximate surface area is 123 Å². The van der Waals surface area contributed by atoms with Gasteiger partial charge in [0.05, 0.1) is 10.7 Å². The highest BCUT2D eigenvalue weighted by Crippen LogP contribution is 2.28. The molecule has 0 radical (unpaired) electrons. The first kappa shape index (κ1) is 13.8. The van der Waals surface area contributed by atoms with Crippen LogP contribution in [0.5, 0.6) is 5.75 Å². The molecule has 0 fully saturated rings. The second-order valence-corrected chi connectivity index (χ2v) is 5.53. The molecule has 0 saturated heterocycles. The van der Waals surface area contributed by atoms with Gasteiger partial charge in [0.1, 0.15) is 11.6 Å². The molecule has 0 bridgehead atoms. The molecule has 0 aliphatic heterocycles. The number of aryl methyl sites for hydroxylation is 1. The number of phenolic OH excluding ortho intramolecular Hbond substituents is 1. The van der Waals surface area contributed by atoms with Gasteiger partial charge in [0, 0.05) is 10.9 Å². The highest BCUT2D eigenvalue weighted by molar-refractivity contribution is 9.10. The molecule has 1 aromatic carbocycles. The van der Waals surface area contributed by atoms with Crippen molar-refractivity contribution in [3.05, 3.63) is 33.1 Å². The third-order valence-electron chi connectivity index (χ3n) is 2.45. The Morgan fingerprint density at radius 3 is 3.00 bits per heavy atom. The lowest BCUT2D eigenvalue weighted by Crippen LogP contribution is -1.93. The van der Waals surface area contributed by atoms with Crippen LogP contribution in [0.3, 0.4) is 0 Å². The molecule has 2 rings (SSSR count). The molecule has 4 N–H and O–H groups in total. The maximum absolute atomic E-state index is 9.92. The van der Waals surface area contributed by atoms with Crippen molar-refractivity contribution in [2.24, 2.45) is 5.10 Å². The van der Waals surface area contributed by atoms with Crippen LogP contribution in [0.25, 0.3) is 0 Å². The molecule has 0 spiro atoms. The maximum Gasteiger partial charge on any atom is 0.205 e. The lowest BCUT2D eigenvalue weighted by Gasteiger charge is -2.05. The van der Waals surface area contributed by atoms with Gasteiger partial charge in [0.2, 0.25) is 5.13 Å². The summed E-state index contributed by atoms with van der Waals surface area (Å²) >= 11 is 4.69. The normalized spacial score (nSPS) is 11.1. The van der Waals surface area contributed by atoms with E-state index in [0.717, 1.165) is 12.0 Å². The number of halogens is 1. The first-order valence-corrected chi connectivity index (χ1v) is 7.29. The Hall–Kier alpha value is -1.60. The number of nitrogens with one attached hydrogen (secondary N) is 1. The number of anilines is 2. The molecule has 0 atom stereocenters. The number of benzene rings is 1. The minimum Gasteiger partial charge on any atom is -0.506 e. The Morgan fingerprint density at radius 2 is 2.37 bits per heavy atom. The predicted molar refractivity (Wildman–Crippen MR) is 82.9 cm³/mol. The number of aromatic hydroxyl groups is 1. The van der Waals surface area contributed by atoms with Crippen LogP contribution in [0, 0.1) is 0 Å². The van der Waals surface area contributed by atoms with Gasteiger partial charge < -0.3 is 10.8 Å². The molecule has 1 aromatic heterocycles. The van der Waals surface area contributed by atoms with E-state index in [4.69, 9.17) is 5.73 Å². The van der Waals surface area contributed by atoms with Crippen molar-refractivity contribution in [1.82, 2.24) is 4.98 Å². The Kier molecular flexibility index (Phi) is 4.39. The van der Waals surface area contributed by atoms with Gasteiger partial charge in [0.15, 0.2) is 0 Å². The van der Waals surface area contributed by atoms with Gasteiger partial charge >= 0.3 is 0 Å². The fourth-order valence-electron chi connectivity index (χ4n) is 1.48. The standard InChI is InChI=1S/C12H13BrN4OS/c1-2-7-3-8(11(18)9(13)4-7)5-15-17-12-16-10(14)6-19-12/h3-6,18H,2,14H2,1H3,(H,16,17). The van der Waals surface area contributed by atoms with Gasteiger partial charge in [0.25, 0.3) is 0 Å². The Balaban J connectivity index is 2.16. The monoisotopic (exact) mass is 340 g/mol. The molecular formula is C12H13BrN4OS. The molecule has 7 heteroatoms.